The summed E-state index contributed by atoms with van der Waals surface area (Å²) in [5.74, 6) is -0.312. The van der Waals surface area contributed by atoms with Gasteiger partial charge in [-0.1, -0.05) is 12.1 Å². The number of pyridine rings is 1. The Morgan fingerprint density at radius 1 is 1.15 bits per heavy atom. The Morgan fingerprint density at radius 3 is 2.80 bits per heavy atom. The van der Waals surface area contributed by atoms with Crippen molar-refractivity contribution in [2.75, 3.05) is 11.1 Å². The van der Waals surface area contributed by atoms with E-state index in [1.807, 2.05) is 18.2 Å². The number of rotatable bonds is 2. The molecule has 0 aliphatic carbocycles. The first-order valence-electron chi connectivity index (χ1n) is 6.00. The molecule has 0 saturated carbocycles. The van der Waals surface area contributed by atoms with Gasteiger partial charge in [-0.15, -0.1) is 0 Å². The van der Waals surface area contributed by atoms with Crippen LogP contribution in [0.5, 0.6) is 0 Å². The molecule has 100 valence electrons. The average molecular weight is 332 g/mol. The third-order valence-corrected chi connectivity index (χ3v) is 3.64. The van der Waals surface area contributed by atoms with Crippen LogP contribution in [0.25, 0.3) is 10.9 Å². The van der Waals surface area contributed by atoms with E-state index in [1.165, 1.54) is 6.07 Å². The van der Waals surface area contributed by atoms with Gasteiger partial charge in [0.15, 0.2) is 0 Å². The molecule has 0 spiro atoms. The summed E-state index contributed by atoms with van der Waals surface area (Å²) in [5, 5.41) is 4.08. The number of nitrogen functional groups attached to an aromatic ring is 1. The standard InChI is InChI=1S/C15H11BrFN3/c16-11-5-4-9(8-12(11)17)20-14-6-7-19-15-10(14)2-1-3-13(15)18/h1-8H,18H2,(H,19,20). The van der Waals surface area contributed by atoms with Gasteiger partial charge in [0.05, 0.1) is 15.7 Å². The molecule has 1 heterocycles. The van der Waals surface area contributed by atoms with Crippen molar-refractivity contribution in [3.8, 4) is 0 Å². The number of para-hydroxylation sites is 1. The van der Waals surface area contributed by atoms with E-state index in [9.17, 15) is 4.39 Å². The molecule has 0 aliphatic rings. The first-order chi connectivity index (χ1) is 9.65. The number of anilines is 3. The highest BCUT2D eigenvalue weighted by Gasteiger charge is 2.06. The molecule has 3 N–H and O–H groups in total. The van der Waals surface area contributed by atoms with Crippen LogP contribution in [0, 0.1) is 5.82 Å². The number of nitrogens with two attached hydrogens (primary N) is 1. The van der Waals surface area contributed by atoms with Crippen LogP contribution < -0.4 is 11.1 Å². The van der Waals surface area contributed by atoms with Crippen molar-refractivity contribution in [1.82, 2.24) is 4.98 Å². The first-order valence-corrected chi connectivity index (χ1v) is 6.80. The number of benzene rings is 2. The van der Waals surface area contributed by atoms with Crippen molar-refractivity contribution in [1.29, 1.82) is 0 Å². The highest BCUT2D eigenvalue weighted by molar-refractivity contribution is 9.10. The summed E-state index contributed by atoms with van der Waals surface area (Å²) in [6, 6.07) is 12.3. The van der Waals surface area contributed by atoms with E-state index in [2.05, 4.69) is 26.2 Å². The highest BCUT2D eigenvalue weighted by Crippen LogP contribution is 2.29. The topological polar surface area (TPSA) is 50.9 Å². The molecule has 5 heteroatoms. The van der Waals surface area contributed by atoms with Crippen LogP contribution in [0.3, 0.4) is 0 Å². The summed E-state index contributed by atoms with van der Waals surface area (Å²) in [5.41, 5.74) is 8.76. The van der Waals surface area contributed by atoms with Crippen LogP contribution in [0.15, 0.2) is 53.1 Å². The summed E-state index contributed by atoms with van der Waals surface area (Å²) in [7, 11) is 0. The van der Waals surface area contributed by atoms with Crippen molar-refractivity contribution in [3.63, 3.8) is 0 Å². The Balaban J connectivity index is 2.06. The molecule has 0 saturated heterocycles. The second-order valence-corrected chi connectivity index (χ2v) is 5.21. The molecule has 0 aliphatic heterocycles. The van der Waals surface area contributed by atoms with Gasteiger partial charge in [-0.3, -0.25) is 4.98 Å². The smallest absolute Gasteiger partial charge is 0.139 e. The van der Waals surface area contributed by atoms with Crippen LogP contribution >= 0.6 is 15.9 Å². The van der Waals surface area contributed by atoms with Crippen LogP contribution in [0.2, 0.25) is 0 Å². The fourth-order valence-corrected chi connectivity index (χ4v) is 2.28. The minimum absolute atomic E-state index is 0.312. The van der Waals surface area contributed by atoms with E-state index in [0.717, 1.165) is 16.6 Å². The second-order valence-electron chi connectivity index (χ2n) is 4.36. The van der Waals surface area contributed by atoms with E-state index >= 15 is 0 Å². The van der Waals surface area contributed by atoms with Gasteiger partial charge < -0.3 is 11.1 Å². The van der Waals surface area contributed by atoms with Crippen molar-refractivity contribution < 1.29 is 4.39 Å². The minimum atomic E-state index is -0.312. The maximum atomic E-state index is 13.5. The zero-order chi connectivity index (χ0) is 14.1. The number of hydrogen-bond acceptors (Lipinski definition) is 3. The molecule has 1 aromatic heterocycles. The third kappa shape index (κ3) is 2.32. The Labute approximate surface area is 123 Å². The molecule has 0 atom stereocenters. The van der Waals surface area contributed by atoms with E-state index in [-0.39, 0.29) is 5.82 Å². The van der Waals surface area contributed by atoms with Crippen LogP contribution in [0.4, 0.5) is 21.5 Å². The lowest BCUT2D eigenvalue weighted by molar-refractivity contribution is 0.622. The lowest BCUT2D eigenvalue weighted by Gasteiger charge is -2.10. The summed E-state index contributed by atoms with van der Waals surface area (Å²) in [6.45, 7) is 0. The van der Waals surface area contributed by atoms with Gasteiger partial charge in [0.25, 0.3) is 0 Å². The Morgan fingerprint density at radius 2 is 2.00 bits per heavy atom. The molecule has 3 aromatic rings. The van der Waals surface area contributed by atoms with Gasteiger partial charge in [0.1, 0.15) is 5.82 Å². The fraction of sp³-hybridized carbons (Fsp3) is 0. The number of nitrogens with one attached hydrogen (secondary N) is 1. The summed E-state index contributed by atoms with van der Waals surface area (Å²) in [4.78, 5) is 4.27. The lowest BCUT2D eigenvalue weighted by atomic mass is 10.1. The molecular weight excluding hydrogens is 321 g/mol. The predicted molar refractivity (Wildman–Crippen MR) is 83.5 cm³/mol. The van der Waals surface area contributed by atoms with Gasteiger partial charge in [0.2, 0.25) is 0 Å². The fourth-order valence-electron chi connectivity index (χ4n) is 2.04. The lowest BCUT2D eigenvalue weighted by Crippen LogP contribution is -1.95. The molecule has 0 radical (unpaired) electrons. The van der Waals surface area contributed by atoms with Gasteiger partial charge >= 0.3 is 0 Å². The zero-order valence-corrected chi connectivity index (χ0v) is 12.0. The number of hydrogen-bond donors (Lipinski definition) is 2. The molecule has 0 bridgehead atoms. The van der Waals surface area contributed by atoms with Crippen LogP contribution in [-0.4, -0.2) is 4.98 Å². The number of fused-ring (bicyclic) bond motifs is 1. The Bertz CT molecular complexity index is 789. The molecule has 0 amide bonds. The molecule has 3 rings (SSSR count). The van der Waals surface area contributed by atoms with Crippen molar-refractivity contribution in [2.45, 2.75) is 0 Å². The van der Waals surface area contributed by atoms with Gasteiger partial charge in [-0.25, -0.2) is 4.39 Å². The predicted octanol–water partition coefficient (Wildman–Crippen LogP) is 4.46. The minimum Gasteiger partial charge on any atom is -0.397 e. The van der Waals surface area contributed by atoms with Gasteiger partial charge in [-0.05, 0) is 46.3 Å². The summed E-state index contributed by atoms with van der Waals surface area (Å²) in [6.07, 6.45) is 1.68. The van der Waals surface area contributed by atoms with Crippen molar-refractivity contribution in [3.05, 3.63) is 59.0 Å². The monoisotopic (exact) mass is 331 g/mol. The van der Waals surface area contributed by atoms with Crippen LogP contribution in [-0.2, 0) is 0 Å². The molecule has 20 heavy (non-hydrogen) atoms. The normalized spacial score (nSPS) is 10.7. The highest BCUT2D eigenvalue weighted by atomic mass is 79.9. The first kappa shape index (κ1) is 12.9. The third-order valence-electron chi connectivity index (χ3n) is 3.00. The molecule has 0 unspecified atom stereocenters. The zero-order valence-electron chi connectivity index (χ0n) is 10.4. The number of halogens is 2. The van der Waals surface area contributed by atoms with E-state index in [1.54, 1.807) is 24.4 Å². The van der Waals surface area contributed by atoms with Crippen molar-refractivity contribution >= 4 is 43.9 Å². The van der Waals surface area contributed by atoms with E-state index in [4.69, 9.17) is 5.73 Å². The summed E-state index contributed by atoms with van der Waals surface area (Å²) >= 11 is 3.13. The second kappa shape index (κ2) is 5.09. The molecule has 0 fully saturated rings. The maximum absolute atomic E-state index is 13.5. The molecule has 2 aromatic carbocycles. The van der Waals surface area contributed by atoms with E-state index < -0.39 is 0 Å². The maximum Gasteiger partial charge on any atom is 0.139 e. The van der Waals surface area contributed by atoms with Gasteiger partial charge in [0, 0.05) is 23.0 Å². The largest absolute Gasteiger partial charge is 0.397 e. The Hall–Kier alpha value is -2.14. The average Bonchev–Trinajstić information content (AvgIpc) is 2.44. The quantitative estimate of drug-likeness (QED) is 0.681. The van der Waals surface area contributed by atoms with Crippen LogP contribution in [0.1, 0.15) is 0 Å². The van der Waals surface area contributed by atoms with Crippen molar-refractivity contribution in [2.24, 2.45) is 0 Å². The van der Waals surface area contributed by atoms with Gasteiger partial charge in [-0.2, -0.15) is 0 Å². The van der Waals surface area contributed by atoms with E-state index in [0.29, 0.717) is 15.8 Å². The SMILES string of the molecule is Nc1cccc2c(Nc3ccc(Br)c(F)c3)ccnc12. The molecule has 3 nitrogen and oxygen atoms in total. The Kier molecular flexibility index (Phi) is 3.28. The number of aromatic nitrogens is 1. The summed E-state index contributed by atoms with van der Waals surface area (Å²) < 4.78 is 14.0. The molecular formula is C15H11BrFN3. The number of nitrogens with zero attached hydrogens (tertiary/aromatic N) is 1.